The molecule has 4 rings (SSSR count). The molecular weight excluding hydrogens is 494 g/mol. The van der Waals surface area contributed by atoms with Gasteiger partial charge < -0.3 is 24.2 Å². The number of ether oxygens (including phenoxy) is 3. The third kappa shape index (κ3) is 6.25. The van der Waals surface area contributed by atoms with Crippen LogP contribution in [0.1, 0.15) is 43.0 Å². The largest absolute Gasteiger partial charge is 0.507 e. The number of nitrogens with zero attached hydrogens (tertiary/aromatic N) is 1. The van der Waals surface area contributed by atoms with Crippen LogP contribution in [0, 0.1) is 5.92 Å². The zero-order valence-corrected chi connectivity index (χ0v) is 22.8. The van der Waals surface area contributed by atoms with Crippen molar-refractivity contribution in [1.29, 1.82) is 0 Å². The topological polar surface area (TPSA) is 85.3 Å². The number of aliphatic hydroxyl groups is 1. The zero-order chi connectivity index (χ0) is 27.9. The fourth-order valence-corrected chi connectivity index (χ4v) is 4.63. The van der Waals surface area contributed by atoms with Gasteiger partial charge in [0, 0.05) is 12.1 Å². The molecule has 1 saturated heterocycles. The predicted octanol–water partition coefficient (Wildman–Crippen LogP) is 5.79. The van der Waals surface area contributed by atoms with Crippen molar-refractivity contribution >= 4 is 17.4 Å². The van der Waals surface area contributed by atoms with Crippen LogP contribution in [0.5, 0.6) is 17.2 Å². The summed E-state index contributed by atoms with van der Waals surface area (Å²) in [7, 11) is 3.11. The van der Waals surface area contributed by atoms with E-state index < -0.39 is 17.7 Å². The number of hydrogen-bond acceptors (Lipinski definition) is 6. The van der Waals surface area contributed by atoms with E-state index in [-0.39, 0.29) is 11.3 Å². The van der Waals surface area contributed by atoms with Crippen molar-refractivity contribution in [3.05, 3.63) is 95.1 Å². The molecule has 0 aliphatic carbocycles. The molecule has 3 aromatic rings. The second-order valence-electron chi connectivity index (χ2n) is 9.90. The lowest BCUT2D eigenvalue weighted by Gasteiger charge is -2.26. The van der Waals surface area contributed by atoms with Gasteiger partial charge in [-0.15, -0.1) is 0 Å². The van der Waals surface area contributed by atoms with E-state index in [4.69, 9.17) is 14.2 Å². The molecule has 1 atom stereocenters. The SMILES string of the molecule is COc1ccc(/C(O)=C2\C(=O)C(=O)N(CCc3ccccc3)C2c2ccc(OCCC(C)C)c(OC)c2)cc1. The van der Waals surface area contributed by atoms with E-state index in [1.807, 2.05) is 36.4 Å². The summed E-state index contributed by atoms with van der Waals surface area (Å²) in [5, 5.41) is 11.3. The fourth-order valence-electron chi connectivity index (χ4n) is 4.63. The van der Waals surface area contributed by atoms with Crippen LogP contribution in [0.4, 0.5) is 0 Å². The number of carbonyl (C=O) groups excluding carboxylic acids is 2. The van der Waals surface area contributed by atoms with Crippen molar-refractivity contribution in [2.45, 2.75) is 32.7 Å². The van der Waals surface area contributed by atoms with Crippen molar-refractivity contribution < 1.29 is 28.9 Å². The third-order valence-electron chi connectivity index (χ3n) is 6.84. The Morgan fingerprint density at radius 1 is 0.923 bits per heavy atom. The molecule has 0 aromatic heterocycles. The Balaban J connectivity index is 1.76. The van der Waals surface area contributed by atoms with Gasteiger partial charge in [0.15, 0.2) is 11.5 Å². The second-order valence-corrected chi connectivity index (χ2v) is 9.90. The minimum absolute atomic E-state index is 0.0359. The van der Waals surface area contributed by atoms with Gasteiger partial charge in [0.25, 0.3) is 11.7 Å². The molecule has 7 nitrogen and oxygen atoms in total. The number of methoxy groups -OCH3 is 2. The first kappa shape index (κ1) is 27.8. The Morgan fingerprint density at radius 3 is 2.28 bits per heavy atom. The lowest BCUT2D eigenvalue weighted by atomic mass is 9.94. The lowest BCUT2D eigenvalue weighted by molar-refractivity contribution is -0.139. The molecule has 0 radical (unpaired) electrons. The summed E-state index contributed by atoms with van der Waals surface area (Å²) in [6.45, 7) is 5.10. The van der Waals surface area contributed by atoms with Crippen LogP contribution in [0.15, 0.2) is 78.4 Å². The summed E-state index contributed by atoms with van der Waals surface area (Å²) >= 11 is 0. The first-order chi connectivity index (χ1) is 18.8. The number of Topliss-reactive ketones (excluding diaryl/α,β-unsaturated/α-hetero) is 1. The Hall–Kier alpha value is -4.26. The van der Waals surface area contributed by atoms with E-state index >= 15 is 0 Å². The monoisotopic (exact) mass is 529 g/mol. The van der Waals surface area contributed by atoms with Crippen molar-refractivity contribution in [2.75, 3.05) is 27.4 Å². The summed E-state index contributed by atoms with van der Waals surface area (Å²) in [5.41, 5.74) is 2.14. The van der Waals surface area contributed by atoms with Crippen molar-refractivity contribution in [2.24, 2.45) is 5.92 Å². The van der Waals surface area contributed by atoms with E-state index in [0.29, 0.717) is 53.9 Å². The Bertz CT molecular complexity index is 1330. The molecule has 1 heterocycles. The number of hydrogen-bond donors (Lipinski definition) is 1. The maximum atomic E-state index is 13.4. The van der Waals surface area contributed by atoms with E-state index in [1.54, 1.807) is 50.6 Å². The molecule has 0 bridgehead atoms. The van der Waals surface area contributed by atoms with Crippen LogP contribution in [0.25, 0.3) is 5.76 Å². The number of ketones is 1. The van der Waals surface area contributed by atoms with Crippen molar-refractivity contribution in [3.63, 3.8) is 0 Å². The average molecular weight is 530 g/mol. The molecule has 0 spiro atoms. The summed E-state index contributed by atoms with van der Waals surface area (Å²) in [6.07, 6.45) is 1.45. The van der Waals surface area contributed by atoms with Gasteiger partial charge in [0.05, 0.1) is 32.4 Å². The molecule has 0 saturated carbocycles. The normalized spacial score (nSPS) is 16.5. The first-order valence-electron chi connectivity index (χ1n) is 13.1. The summed E-state index contributed by atoms with van der Waals surface area (Å²) in [5.74, 6) is 0.577. The standard InChI is InChI=1S/C32H35NO6/c1-21(2)17-19-39-26-15-12-24(20-27(26)38-4)29-28(30(34)23-10-13-25(37-3)14-11-23)31(35)32(36)33(29)18-16-22-8-6-5-7-9-22/h5-15,20-21,29,34H,16-19H2,1-4H3/b30-28+. The van der Waals surface area contributed by atoms with Gasteiger partial charge in [0.1, 0.15) is 11.5 Å². The van der Waals surface area contributed by atoms with E-state index in [1.165, 1.54) is 4.90 Å². The summed E-state index contributed by atoms with van der Waals surface area (Å²) in [6, 6.07) is 21.1. The second kappa shape index (κ2) is 12.5. The third-order valence-corrected chi connectivity index (χ3v) is 6.84. The number of aliphatic hydroxyl groups excluding tert-OH is 1. The van der Waals surface area contributed by atoms with Crippen molar-refractivity contribution in [3.8, 4) is 17.2 Å². The Morgan fingerprint density at radius 2 is 1.64 bits per heavy atom. The zero-order valence-electron chi connectivity index (χ0n) is 22.8. The van der Waals surface area contributed by atoms with Gasteiger partial charge >= 0.3 is 0 Å². The van der Waals surface area contributed by atoms with Crippen LogP contribution in [-0.4, -0.2) is 49.1 Å². The minimum Gasteiger partial charge on any atom is -0.507 e. The smallest absolute Gasteiger partial charge is 0.295 e. The van der Waals surface area contributed by atoms with Gasteiger partial charge in [0.2, 0.25) is 0 Å². The highest BCUT2D eigenvalue weighted by atomic mass is 16.5. The van der Waals surface area contributed by atoms with Gasteiger partial charge in [-0.3, -0.25) is 9.59 Å². The quantitative estimate of drug-likeness (QED) is 0.192. The summed E-state index contributed by atoms with van der Waals surface area (Å²) < 4.78 is 16.8. The van der Waals surface area contributed by atoms with E-state index in [2.05, 4.69) is 13.8 Å². The Labute approximate surface area is 229 Å². The van der Waals surface area contributed by atoms with Crippen molar-refractivity contribution in [1.82, 2.24) is 4.90 Å². The van der Waals surface area contributed by atoms with Crippen LogP contribution in [-0.2, 0) is 16.0 Å². The molecule has 39 heavy (non-hydrogen) atoms. The van der Waals surface area contributed by atoms with Gasteiger partial charge in [-0.25, -0.2) is 0 Å². The first-order valence-corrected chi connectivity index (χ1v) is 13.1. The van der Waals surface area contributed by atoms with Gasteiger partial charge in [-0.1, -0.05) is 50.2 Å². The molecule has 7 heteroatoms. The molecule has 1 amide bonds. The maximum absolute atomic E-state index is 13.4. The summed E-state index contributed by atoms with van der Waals surface area (Å²) in [4.78, 5) is 28.3. The molecule has 1 aliphatic heterocycles. The molecule has 204 valence electrons. The molecule has 1 fully saturated rings. The molecular formula is C32H35NO6. The highest BCUT2D eigenvalue weighted by Gasteiger charge is 2.46. The number of rotatable bonds is 11. The van der Waals surface area contributed by atoms with Crippen LogP contribution >= 0.6 is 0 Å². The number of amides is 1. The lowest BCUT2D eigenvalue weighted by Crippen LogP contribution is -2.31. The number of likely N-dealkylation sites (tertiary alicyclic amines) is 1. The van der Waals surface area contributed by atoms with Crippen LogP contribution in [0.3, 0.4) is 0 Å². The molecule has 1 unspecified atom stereocenters. The molecule has 1 N–H and O–H groups in total. The fraction of sp³-hybridized carbons (Fsp3) is 0.312. The van der Waals surface area contributed by atoms with Crippen LogP contribution in [0.2, 0.25) is 0 Å². The minimum atomic E-state index is -0.797. The van der Waals surface area contributed by atoms with Gasteiger partial charge in [-0.2, -0.15) is 0 Å². The highest BCUT2D eigenvalue weighted by Crippen LogP contribution is 2.42. The molecule has 1 aliphatic rings. The molecule has 3 aromatic carbocycles. The predicted molar refractivity (Wildman–Crippen MR) is 150 cm³/mol. The number of carbonyl (C=O) groups is 2. The van der Waals surface area contributed by atoms with Gasteiger partial charge in [-0.05, 0) is 66.3 Å². The highest BCUT2D eigenvalue weighted by molar-refractivity contribution is 6.46. The van der Waals surface area contributed by atoms with E-state index in [9.17, 15) is 14.7 Å². The average Bonchev–Trinajstić information content (AvgIpc) is 3.21. The maximum Gasteiger partial charge on any atom is 0.295 e. The van der Waals surface area contributed by atoms with E-state index in [0.717, 1.165) is 12.0 Å². The number of benzene rings is 3. The van der Waals surface area contributed by atoms with Crippen LogP contribution < -0.4 is 14.2 Å². The Kier molecular flexibility index (Phi) is 8.92.